The fourth-order valence-corrected chi connectivity index (χ4v) is 1.64. The zero-order chi connectivity index (χ0) is 15.4. The van der Waals surface area contributed by atoms with E-state index in [2.05, 4.69) is 15.0 Å². The van der Waals surface area contributed by atoms with Crippen LogP contribution in [0.1, 0.15) is 28.7 Å². The molecule has 1 amide bonds. The Hall–Kier alpha value is -2.77. The van der Waals surface area contributed by atoms with Gasteiger partial charge in [0.1, 0.15) is 11.3 Å². The Morgan fingerprint density at radius 2 is 2.29 bits per heavy atom. The maximum absolute atomic E-state index is 11.9. The Labute approximate surface area is 120 Å². The predicted molar refractivity (Wildman–Crippen MR) is 71.1 cm³/mol. The van der Waals surface area contributed by atoms with E-state index in [1.54, 1.807) is 19.1 Å². The van der Waals surface area contributed by atoms with E-state index in [0.717, 1.165) is 0 Å². The molecular weight excluding hydrogens is 278 g/mol. The van der Waals surface area contributed by atoms with Crippen molar-refractivity contribution in [2.24, 2.45) is 0 Å². The summed E-state index contributed by atoms with van der Waals surface area (Å²) in [6, 6.07) is 3.43. The van der Waals surface area contributed by atoms with Gasteiger partial charge in [-0.25, -0.2) is 4.79 Å². The maximum atomic E-state index is 11.9. The standard InChI is InChI=1S/C13H15N3O5/c1-7-10(11(14)21-16-7)13(18)20-8(2)12(17)15-6-9-4-3-5-19-9/h3-5,8H,6,14H2,1-2H3,(H,15,17). The number of esters is 1. The number of amides is 1. The summed E-state index contributed by atoms with van der Waals surface area (Å²) >= 11 is 0. The summed E-state index contributed by atoms with van der Waals surface area (Å²) in [6.45, 7) is 3.22. The Morgan fingerprint density at radius 1 is 1.52 bits per heavy atom. The monoisotopic (exact) mass is 293 g/mol. The van der Waals surface area contributed by atoms with Crippen molar-refractivity contribution in [3.63, 3.8) is 0 Å². The van der Waals surface area contributed by atoms with E-state index in [1.807, 2.05) is 0 Å². The molecule has 0 fully saturated rings. The van der Waals surface area contributed by atoms with E-state index in [9.17, 15) is 9.59 Å². The smallest absolute Gasteiger partial charge is 0.346 e. The van der Waals surface area contributed by atoms with Crippen LogP contribution in [-0.4, -0.2) is 23.1 Å². The Balaban J connectivity index is 1.90. The van der Waals surface area contributed by atoms with Crippen LogP contribution in [0, 0.1) is 6.92 Å². The number of carbonyl (C=O) groups is 2. The quantitative estimate of drug-likeness (QED) is 0.789. The van der Waals surface area contributed by atoms with Crippen molar-refractivity contribution in [3.8, 4) is 0 Å². The fourth-order valence-electron chi connectivity index (χ4n) is 1.64. The lowest BCUT2D eigenvalue weighted by atomic mass is 10.2. The molecule has 0 saturated heterocycles. The maximum Gasteiger partial charge on any atom is 0.346 e. The number of nitrogens with one attached hydrogen (secondary N) is 1. The molecule has 1 atom stereocenters. The van der Waals surface area contributed by atoms with Gasteiger partial charge in [0.2, 0.25) is 5.88 Å². The largest absolute Gasteiger partial charge is 0.467 e. The minimum absolute atomic E-state index is 0.0284. The van der Waals surface area contributed by atoms with Gasteiger partial charge >= 0.3 is 5.97 Å². The summed E-state index contributed by atoms with van der Waals surface area (Å²) < 4.78 is 14.8. The lowest BCUT2D eigenvalue weighted by Gasteiger charge is -2.12. The number of furan rings is 1. The lowest BCUT2D eigenvalue weighted by molar-refractivity contribution is -0.129. The van der Waals surface area contributed by atoms with Crippen LogP contribution in [0.2, 0.25) is 0 Å². The van der Waals surface area contributed by atoms with Crippen molar-refractivity contribution < 1.29 is 23.3 Å². The molecule has 2 heterocycles. The number of hydrogen-bond acceptors (Lipinski definition) is 7. The Kier molecular flexibility index (Phi) is 4.27. The molecule has 2 aromatic rings. The lowest BCUT2D eigenvalue weighted by Crippen LogP contribution is -2.35. The molecule has 3 N–H and O–H groups in total. The van der Waals surface area contributed by atoms with Gasteiger partial charge in [-0.3, -0.25) is 4.79 Å². The second-order valence-electron chi connectivity index (χ2n) is 4.35. The highest BCUT2D eigenvalue weighted by atomic mass is 16.5. The van der Waals surface area contributed by atoms with E-state index in [1.165, 1.54) is 13.2 Å². The minimum atomic E-state index is -0.985. The van der Waals surface area contributed by atoms with Gasteiger partial charge in [0.15, 0.2) is 6.10 Å². The number of carbonyl (C=O) groups excluding carboxylic acids is 2. The Morgan fingerprint density at radius 3 is 2.86 bits per heavy atom. The second kappa shape index (κ2) is 6.12. The highest BCUT2D eigenvalue weighted by molar-refractivity contribution is 5.96. The summed E-state index contributed by atoms with van der Waals surface area (Å²) in [5, 5.41) is 6.13. The third kappa shape index (κ3) is 3.41. The van der Waals surface area contributed by atoms with Crippen molar-refractivity contribution in [2.75, 3.05) is 5.73 Å². The van der Waals surface area contributed by atoms with Gasteiger partial charge in [0.05, 0.1) is 18.5 Å². The summed E-state index contributed by atoms with van der Waals surface area (Å²) in [6.07, 6.45) is 0.517. The molecule has 0 aromatic carbocycles. The van der Waals surface area contributed by atoms with Gasteiger partial charge < -0.3 is 24.7 Å². The predicted octanol–water partition coefficient (Wildman–Crippen LogP) is 1.02. The zero-order valence-electron chi connectivity index (χ0n) is 11.6. The third-order valence-electron chi connectivity index (χ3n) is 2.76. The van der Waals surface area contributed by atoms with Crippen LogP contribution in [0.15, 0.2) is 27.3 Å². The number of nitrogens with zero attached hydrogens (tertiary/aromatic N) is 1. The summed E-state index contributed by atoms with van der Waals surface area (Å²) in [7, 11) is 0. The molecule has 2 rings (SSSR count). The van der Waals surface area contributed by atoms with Crippen LogP contribution in [-0.2, 0) is 16.1 Å². The molecule has 8 heteroatoms. The molecule has 0 aliphatic heterocycles. The molecular formula is C13H15N3O5. The van der Waals surface area contributed by atoms with Crippen molar-refractivity contribution in [3.05, 3.63) is 35.4 Å². The van der Waals surface area contributed by atoms with E-state index in [4.69, 9.17) is 14.9 Å². The molecule has 1 unspecified atom stereocenters. The van der Waals surface area contributed by atoms with Gasteiger partial charge in [-0.15, -0.1) is 0 Å². The van der Waals surface area contributed by atoms with Gasteiger partial charge in [-0.05, 0) is 26.0 Å². The molecule has 0 aliphatic carbocycles. The number of ether oxygens (including phenoxy) is 1. The zero-order valence-corrected chi connectivity index (χ0v) is 11.6. The van der Waals surface area contributed by atoms with Crippen LogP contribution in [0.4, 0.5) is 5.88 Å². The minimum Gasteiger partial charge on any atom is -0.467 e. The topological polar surface area (TPSA) is 121 Å². The molecule has 2 aromatic heterocycles. The molecule has 0 saturated carbocycles. The summed E-state index contributed by atoms with van der Waals surface area (Å²) in [4.78, 5) is 23.7. The molecule has 0 spiro atoms. The fraction of sp³-hybridized carbons (Fsp3) is 0.308. The molecule has 0 bridgehead atoms. The van der Waals surface area contributed by atoms with Gasteiger partial charge in [0.25, 0.3) is 5.91 Å². The molecule has 112 valence electrons. The van der Waals surface area contributed by atoms with Crippen molar-refractivity contribution in [2.45, 2.75) is 26.5 Å². The third-order valence-corrected chi connectivity index (χ3v) is 2.76. The number of anilines is 1. The van der Waals surface area contributed by atoms with E-state index < -0.39 is 18.0 Å². The van der Waals surface area contributed by atoms with Crippen molar-refractivity contribution in [1.29, 1.82) is 0 Å². The number of hydrogen-bond donors (Lipinski definition) is 2. The first-order valence-electron chi connectivity index (χ1n) is 6.22. The van der Waals surface area contributed by atoms with Crippen LogP contribution in [0.25, 0.3) is 0 Å². The second-order valence-corrected chi connectivity index (χ2v) is 4.35. The molecule has 8 nitrogen and oxygen atoms in total. The van der Waals surface area contributed by atoms with Crippen LogP contribution in [0.3, 0.4) is 0 Å². The SMILES string of the molecule is Cc1noc(N)c1C(=O)OC(C)C(=O)NCc1ccco1. The molecule has 21 heavy (non-hydrogen) atoms. The molecule has 0 radical (unpaired) electrons. The first-order chi connectivity index (χ1) is 9.99. The van der Waals surface area contributed by atoms with E-state index >= 15 is 0 Å². The number of nitrogens with two attached hydrogens (primary N) is 1. The van der Waals surface area contributed by atoms with Gasteiger partial charge in [-0.2, -0.15) is 0 Å². The van der Waals surface area contributed by atoms with Crippen LogP contribution in [0.5, 0.6) is 0 Å². The number of nitrogen functional groups attached to an aromatic ring is 1. The van der Waals surface area contributed by atoms with Crippen molar-refractivity contribution >= 4 is 17.8 Å². The normalized spacial score (nSPS) is 11.9. The summed E-state index contributed by atoms with van der Waals surface area (Å²) in [5.41, 5.74) is 5.81. The number of aromatic nitrogens is 1. The van der Waals surface area contributed by atoms with Crippen LogP contribution >= 0.6 is 0 Å². The number of aryl methyl sites for hydroxylation is 1. The highest BCUT2D eigenvalue weighted by Gasteiger charge is 2.24. The first-order valence-corrected chi connectivity index (χ1v) is 6.22. The van der Waals surface area contributed by atoms with Gasteiger partial charge in [0, 0.05) is 0 Å². The Bertz CT molecular complexity index is 613. The van der Waals surface area contributed by atoms with Crippen molar-refractivity contribution in [1.82, 2.24) is 10.5 Å². The average Bonchev–Trinajstić information content (AvgIpc) is 3.06. The van der Waals surface area contributed by atoms with E-state index in [0.29, 0.717) is 11.5 Å². The average molecular weight is 293 g/mol. The highest BCUT2D eigenvalue weighted by Crippen LogP contribution is 2.17. The summed E-state index contributed by atoms with van der Waals surface area (Å²) in [5.74, 6) is -0.749. The van der Waals surface area contributed by atoms with Crippen LogP contribution < -0.4 is 11.1 Å². The molecule has 0 aliphatic rings. The van der Waals surface area contributed by atoms with E-state index in [-0.39, 0.29) is 18.0 Å². The number of rotatable bonds is 5. The van der Waals surface area contributed by atoms with Gasteiger partial charge in [-0.1, -0.05) is 5.16 Å². The first kappa shape index (κ1) is 14.6.